The fourth-order valence-corrected chi connectivity index (χ4v) is 4.61. The van der Waals surface area contributed by atoms with Crippen molar-refractivity contribution in [2.24, 2.45) is 0 Å². The van der Waals surface area contributed by atoms with Crippen LogP contribution in [0.25, 0.3) is 5.57 Å². The summed E-state index contributed by atoms with van der Waals surface area (Å²) in [6.07, 6.45) is 7.16. The molecule has 1 aromatic rings. The van der Waals surface area contributed by atoms with E-state index in [4.69, 9.17) is 23.2 Å². The molecule has 0 aromatic heterocycles. The van der Waals surface area contributed by atoms with Crippen LogP contribution in [0.1, 0.15) is 50.5 Å². The topological polar surface area (TPSA) is 60.9 Å². The number of hydrogen-bond donors (Lipinski definition) is 1. The van der Waals surface area contributed by atoms with Crippen molar-refractivity contribution in [1.82, 2.24) is 9.80 Å². The van der Waals surface area contributed by atoms with Gasteiger partial charge in [0.1, 0.15) is 5.70 Å². The van der Waals surface area contributed by atoms with Gasteiger partial charge in [0.05, 0.1) is 17.2 Å². The fourth-order valence-electron chi connectivity index (χ4n) is 4.11. The molecule has 5 nitrogen and oxygen atoms in total. The average Bonchev–Trinajstić information content (AvgIpc) is 2.86. The third-order valence-electron chi connectivity index (χ3n) is 5.55. The molecule has 0 spiro atoms. The second-order valence-electron chi connectivity index (χ2n) is 7.47. The van der Waals surface area contributed by atoms with E-state index in [1.807, 2.05) is 0 Å². The molecule has 0 saturated heterocycles. The fraction of sp³-hybridized carbons (Fsp3) is 0.524. The van der Waals surface area contributed by atoms with Gasteiger partial charge in [0, 0.05) is 30.2 Å². The first-order valence-electron chi connectivity index (χ1n) is 9.85. The summed E-state index contributed by atoms with van der Waals surface area (Å²) in [6, 6.07) is 4.82. The van der Waals surface area contributed by atoms with E-state index in [1.54, 1.807) is 30.1 Å². The summed E-state index contributed by atoms with van der Waals surface area (Å²) in [4.78, 5) is 29.9. The monoisotopic (exact) mass is 424 g/mol. The molecule has 2 aliphatic rings. The lowest BCUT2D eigenvalue weighted by molar-refractivity contribution is -0.140. The molecule has 1 N–H and O–H groups in total. The van der Waals surface area contributed by atoms with Crippen molar-refractivity contribution in [2.75, 3.05) is 20.2 Å². The van der Waals surface area contributed by atoms with Crippen LogP contribution in [0.3, 0.4) is 0 Å². The van der Waals surface area contributed by atoms with E-state index in [1.165, 1.54) is 11.3 Å². The van der Waals surface area contributed by atoms with Crippen molar-refractivity contribution < 1.29 is 14.7 Å². The molecule has 1 aromatic carbocycles. The Morgan fingerprint density at radius 3 is 2.32 bits per heavy atom. The SMILES string of the molecule is CN(CCO)C1=C(c2ccc(Cl)cc2Cl)C(=O)N(C2CCCCCCC2)C1=O. The van der Waals surface area contributed by atoms with Crippen LogP contribution < -0.4 is 0 Å². The Kier molecular flexibility index (Phi) is 7.02. The number of rotatable bonds is 5. The number of halogens is 2. The summed E-state index contributed by atoms with van der Waals surface area (Å²) >= 11 is 12.4. The molecule has 1 heterocycles. The van der Waals surface area contributed by atoms with E-state index >= 15 is 0 Å². The van der Waals surface area contributed by atoms with Gasteiger partial charge >= 0.3 is 0 Å². The molecule has 28 heavy (non-hydrogen) atoms. The van der Waals surface area contributed by atoms with Crippen molar-refractivity contribution in [3.8, 4) is 0 Å². The van der Waals surface area contributed by atoms with E-state index in [-0.39, 0.29) is 31.0 Å². The maximum absolute atomic E-state index is 13.4. The van der Waals surface area contributed by atoms with Gasteiger partial charge in [-0.25, -0.2) is 0 Å². The molecular formula is C21H26Cl2N2O3. The van der Waals surface area contributed by atoms with Crippen molar-refractivity contribution in [3.05, 3.63) is 39.5 Å². The Balaban J connectivity index is 2.03. The molecule has 0 radical (unpaired) electrons. The summed E-state index contributed by atoms with van der Waals surface area (Å²) < 4.78 is 0. The molecule has 3 rings (SSSR count). The van der Waals surface area contributed by atoms with Gasteiger partial charge in [-0.15, -0.1) is 0 Å². The smallest absolute Gasteiger partial charge is 0.278 e. The number of amides is 2. The minimum Gasteiger partial charge on any atom is -0.395 e. The van der Waals surface area contributed by atoms with Crippen LogP contribution in [0.5, 0.6) is 0 Å². The lowest BCUT2D eigenvalue weighted by Crippen LogP contribution is -2.42. The first-order chi connectivity index (χ1) is 13.5. The zero-order valence-electron chi connectivity index (χ0n) is 16.1. The summed E-state index contributed by atoms with van der Waals surface area (Å²) in [5.41, 5.74) is 1.09. The Morgan fingerprint density at radius 1 is 1.07 bits per heavy atom. The summed E-state index contributed by atoms with van der Waals surface area (Å²) in [5.74, 6) is -0.605. The van der Waals surface area contributed by atoms with Crippen molar-refractivity contribution in [1.29, 1.82) is 0 Å². The number of aliphatic hydroxyl groups excluding tert-OH is 1. The zero-order chi connectivity index (χ0) is 20.3. The molecule has 1 fully saturated rings. The van der Waals surface area contributed by atoms with Gasteiger partial charge in [-0.2, -0.15) is 0 Å². The molecule has 0 bridgehead atoms. The standard InChI is InChI=1S/C21H26Cl2N2O3/c1-24(11-12-26)19-18(16-10-9-14(22)13-17(16)23)20(27)25(21(19)28)15-7-5-3-2-4-6-8-15/h9-10,13,15,26H,2-8,11-12H2,1H3. The number of benzene rings is 1. The van der Waals surface area contributed by atoms with Gasteiger partial charge < -0.3 is 10.0 Å². The van der Waals surface area contributed by atoms with Gasteiger partial charge in [0.2, 0.25) is 0 Å². The molecule has 0 unspecified atom stereocenters. The van der Waals surface area contributed by atoms with E-state index in [0.717, 1.165) is 38.5 Å². The lowest BCUT2D eigenvalue weighted by Gasteiger charge is -2.29. The van der Waals surface area contributed by atoms with Crippen LogP contribution in [0.15, 0.2) is 23.9 Å². The van der Waals surface area contributed by atoms with Crippen LogP contribution in [0.4, 0.5) is 0 Å². The Bertz CT molecular complexity index is 786. The van der Waals surface area contributed by atoms with Gasteiger partial charge in [-0.1, -0.05) is 61.4 Å². The highest BCUT2D eigenvalue weighted by molar-refractivity contribution is 6.41. The molecule has 7 heteroatoms. The predicted octanol–water partition coefficient (Wildman–Crippen LogP) is 4.11. The molecule has 1 aliphatic heterocycles. The van der Waals surface area contributed by atoms with Crippen LogP contribution in [0.2, 0.25) is 10.0 Å². The normalized spacial score (nSPS) is 19.2. The van der Waals surface area contributed by atoms with Crippen molar-refractivity contribution in [2.45, 2.75) is 51.0 Å². The highest BCUT2D eigenvalue weighted by Gasteiger charge is 2.44. The molecule has 1 aliphatic carbocycles. The maximum atomic E-state index is 13.4. The first-order valence-corrected chi connectivity index (χ1v) is 10.6. The van der Waals surface area contributed by atoms with Gasteiger partial charge in [0.25, 0.3) is 11.8 Å². The van der Waals surface area contributed by atoms with Crippen molar-refractivity contribution in [3.63, 3.8) is 0 Å². The lowest BCUT2D eigenvalue weighted by atomic mass is 9.95. The molecule has 152 valence electrons. The Labute approximate surface area is 175 Å². The second kappa shape index (κ2) is 9.29. The molecule has 2 amide bonds. The van der Waals surface area contributed by atoms with Crippen molar-refractivity contribution >= 4 is 40.6 Å². The van der Waals surface area contributed by atoms with E-state index in [0.29, 0.717) is 26.9 Å². The van der Waals surface area contributed by atoms with Crippen LogP contribution in [-0.2, 0) is 9.59 Å². The summed E-state index contributed by atoms with van der Waals surface area (Å²) in [6.45, 7) is 0.133. The average molecular weight is 425 g/mol. The van der Waals surface area contributed by atoms with Crippen LogP contribution in [-0.4, -0.2) is 53.0 Å². The number of carbonyl (C=O) groups excluding carboxylic acids is 2. The van der Waals surface area contributed by atoms with Crippen LogP contribution in [0, 0.1) is 0 Å². The molecular weight excluding hydrogens is 399 g/mol. The largest absolute Gasteiger partial charge is 0.395 e. The number of hydrogen-bond acceptors (Lipinski definition) is 4. The van der Waals surface area contributed by atoms with Crippen LogP contribution >= 0.6 is 23.2 Å². The maximum Gasteiger partial charge on any atom is 0.278 e. The summed E-state index contributed by atoms with van der Waals surface area (Å²) in [5, 5.41) is 10.2. The first kappa shape index (κ1) is 21.2. The van der Waals surface area contributed by atoms with E-state index in [2.05, 4.69) is 0 Å². The Morgan fingerprint density at radius 2 is 1.71 bits per heavy atom. The number of nitrogens with zero attached hydrogens (tertiary/aromatic N) is 2. The quantitative estimate of drug-likeness (QED) is 0.722. The zero-order valence-corrected chi connectivity index (χ0v) is 17.6. The third-order valence-corrected chi connectivity index (χ3v) is 6.10. The highest BCUT2D eigenvalue weighted by Crippen LogP contribution is 2.38. The third kappa shape index (κ3) is 4.22. The van der Waals surface area contributed by atoms with Gasteiger partial charge in [-0.05, 0) is 25.0 Å². The Hall–Kier alpha value is -1.56. The number of carbonyl (C=O) groups is 2. The minimum absolute atomic E-state index is 0.0959. The minimum atomic E-state index is -0.306. The highest BCUT2D eigenvalue weighted by atomic mass is 35.5. The van der Waals surface area contributed by atoms with Gasteiger partial charge in [0.15, 0.2) is 0 Å². The number of likely N-dealkylation sites (N-methyl/N-ethyl adjacent to an activating group) is 1. The second-order valence-corrected chi connectivity index (χ2v) is 8.32. The van der Waals surface area contributed by atoms with E-state index < -0.39 is 0 Å². The molecule has 0 atom stereocenters. The number of imide groups is 1. The van der Waals surface area contributed by atoms with E-state index in [9.17, 15) is 14.7 Å². The predicted molar refractivity (Wildman–Crippen MR) is 111 cm³/mol. The summed E-state index contributed by atoms with van der Waals surface area (Å²) in [7, 11) is 1.71. The molecule has 1 saturated carbocycles. The van der Waals surface area contributed by atoms with Gasteiger partial charge in [-0.3, -0.25) is 14.5 Å². The number of aliphatic hydroxyl groups is 1.